The molecule has 8 aliphatic rings. The predicted octanol–water partition coefficient (Wildman–Crippen LogP) is -17.7. The molecule has 46 nitrogen and oxygen atoms in total. The van der Waals surface area contributed by atoms with E-state index in [1.807, 2.05) is 0 Å². The highest BCUT2D eigenvalue weighted by Gasteiger charge is 2.60. The quantitative estimate of drug-likeness (QED) is 0.0363. The molecule has 5 amide bonds. The highest BCUT2D eigenvalue weighted by molar-refractivity contribution is 5.75. The molecule has 8 heterocycles. The predicted molar refractivity (Wildman–Crippen MR) is 322 cm³/mol. The SMILES string of the molecule is CC(=O)N[C@H]1[C@H](O[C@@H]2[C@@H](O[C@@H]3[C@H](O)[C@H](O[C@H]4[C@H](O)[C@@H](NC(C)=O)C(O)O[C@@H]4CO)O[C@H](CO[C@H]4O[C@H](CO[C@H]5O[C@H](CO)[C@@H](O)[C@H](O)[C@H]5NC(C)=O)[C@@H](O)[C@H](O)[C@@H]4O[C@@H]4O[C@H](CO)[C@@H](O)[C@H](O)[C@H]4NC(C)=O)[C@H]3O)O[C@H](CO)[C@@H](O[C@@H]3O[C@H](CO)[C@@H](O)[C@H](O)[C@H]3NC(C)=O)[C@@H]2O)O[C@H](CO)[C@@H](O)[C@@H]1O. The first-order valence-corrected chi connectivity index (χ1v) is 33.1. The van der Waals surface area contributed by atoms with Crippen LogP contribution >= 0.6 is 0 Å². The number of aliphatic hydroxyl groups excluding tert-OH is 21. The fraction of sp³-hybridized carbons (Fsp3) is 0.914. The van der Waals surface area contributed by atoms with Crippen molar-refractivity contribution < 1.29 is 202 Å². The van der Waals surface area contributed by atoms with E-state index in [1.54, 1.807) is 0 Å². The van der Waals surface area contributed by atoms with Crippen LogP contribution in [0.2, 0.25) is 0 Å². The lowest BCUT2D eigenvalue weighted by Crippen LogP contribution is -2.70. The number of hydrogen-bond donors (Lipinski definition) is 26. The first kappa shape index (κ1) is 85.5. The lowest BCUT2D eigenvalue weighted by atomic mass is 9.94. The third kappa shape index (κ3) is 19.4. The molecule has 40 atom stereocenters. The number of nitrogens with one attached hydrogen (secondary N) is 5. The zero-order valence-electron chi connectivity index (χ0n) is 56.3. The summed E-state index contributed by atoms with van der Waals surface area (Å²) < 4.78 is 89.8. The Morgan fingerprint density at radius 1 is 0.250 bits per heavy atom. The van der Waals surface area contributed by atoms with Crippen LogP contribution in [0.5, 0.6) is 0 Å². The number of carbonyl (C=O) groups is 5. The van der Waals surface area contributed by atoms with E-state index in [0.29, 0.717) is 0 Å². The molecule has 0 bridgehead atoms. The van der Waals surface area contributed by atoms with Gasteiger partial charge in [-0.3, -0.25) is 24.0 Å². The Labute approximate surface area is 589 Å². The highest BCUT2D eigenvalue weighted by Crippen LogP contribution is 2.39. The van der Waals surface area contributed by atoms with Crippen molar-refractivity contribution in [2.24, 2.45) is 0 Å². The largest absolute Gasteiger partial charge is 0.394 e. The minimum atomic E-state index is -2.53. The number of hydrogen-bond acceptors (Lipinski definition) is 41. The molecule has 8 saturated heterocycles. The number of carbonyl (C=O) groups excluding carboxylic acids is 5. The van der Waals surface area contributed by atoms with Crippen molar-refractivity contribution in [1.82, 2.24) is 26.6 Å². The average molecular weight is 1520 g/mol. The first-order valence-electron chi connectivity index (χ1n) is 33.1. The molecule has 0 radical (unpaired) electrons. The van der Waals surface area contributed by atoms with Crippen molar-refractivity contribution in [3.63, 3.8) is 0 Å². The van der Waals surface area contributed by atoms with Gasteiger partial charge in [0.2, 0.25) is 29.5 Å². The maximum absolute atomic E-state index is 12.7. The summed E-state index contributed by atoms with van der Waals surface area (Å²) in [5, 5.41) is 246. The zero-order chi connectivity index (χ0) is 76.8. The molecule has 8 aliphatic heterocycles. The zero-order valence-corrected chi connectivity index (χ0v) is 56.3. The topological polar surface area (TPSA) is 709 Å². The van der Waals surface area contributed by atoms with Gasteiger partial charge in [0.05, 0.1) is 52.9 Å². The second kappa shape index (κ2) is 37.5. The molecule has 0 spiro atoms. The maximum Gasteiger partial charge on any atom is 0.217 e. The molecule has 0 aromatic carbocycles. The molecule has 0 aromatic heterocycles. The fourth-order valence-corrected chi connectivity index (χ4v) is 13.3. The van der Waals surface area contributed by atoms with Gasteiger partial charge in [0.25, 0.3) is 0 Å². The summed E-state index contributed by atoms with van der Waals surface area (Å²) >= 11 is 0. The Morgan fingerprint density at radius 2 is 0.529 bits per heavy atom. The van der Waals surface area contributed by atoms with Gasteiger partial charge < -0.3 is 205 Å². The summed E-state index contributed by atoms with van der Waals surface area (Å²) in [6.07, 6.45) is -72.3. The van der Waals surface area contributed by atoms with E-state index < -0.39 is 328 Å². The van der Waals surface area contributed by atoms with Crippen LogP contribution in [0.4, 0.5) is 0 Å². The molecular weight excluding hydrogens is 1420 g/mol. The molecule has 0 aromatic rings. The number of ether oxygens (including phenoxy) is 15. The summed E-state index contributed by atoms with van der Waals surface area (Å²) in [5.74, 6) is -4.25. The smallest absolute Gasteiger partial charge is 0.217 e. The van der Waals surface area contributed by atoms with Crippen LogP contribution in [0, 0.1) is 0 Å². The number of rotatable bonds is 27. The average Bonchev–Trinajstić information content (AvgIpc) is 0.766. The fourth-order valence-electron chi connectivity index (χ4n) is 13.3. The summed E-state index contributed by atoms with van der Waals surface area (Å²) in [7, 11) is 0. The second-order valence-electron chi connectivity index (χ2n) is 26.1. The van der Waals surface area contributed by atoms with Crippen LogP contribution in [-0.4, -0.2) is 435 Å². The molecule has 26 N–H and O–H groups in total. The minimum Gasteiger partial charge on any atom is -0.394 e. The lowest BCUT2D eigenvalue weighted by Gasteiger charge is -2.51. The molecule has 1 unspecified atom stereocenters. The van der Waals surface area contributed by atoms with E-state index in [4.69, 9.17) is 71.1 Å². The van der Waals surface area contributed by atoms with Crippen LogP contribution < -0.4 is 26.6 Å². The van der Waals surface area contributed by atoms with E-state index in [2.05, 4.69) is 26.6 Å². The van der Waals surface area contributed by atoms with Crippen molar-refractivity contribution in [2.75, 3.05) is 52.9 Å². The van der Waals surface area contributed by atoms with Gasteiger partial charge in [0.15, 0.2) is 50.3 Å². The van der Waals surface area contributed by atoms with Gasteiger partial charge in [-0.15, -0.1) is 0 Å². The van der Waals surface area contributed by atoms with E-state index >= 15 is 0 Å². The molecular formula is C58H97N5O41. The van der Waals surface area contributed by atoms with Gasteiger partial charge in [0.1, 0.15) is 195 Å². The third-order valence-electron chi connectivity index (χ3n) is 18.6. The van der Waals surface area contributed by atoms with Crippen LogP contribution in [0.25, 0.3) is 0 Å². The first-order chi connectivity index (χ1) is 49.1. The second-order valence-corrected chi connectivity index (χ2v) is 26.1. The van der Waals surface area contributed by atoms with Gasteiger partial charge >= 0.3 is 0 Å². The van der Waals surface area contributed by atoms with Gasteiger partial charge in [-0.2, -0.15) is 0 Å². The van der Waals surface area contributed by atoms with Gasteiger partial charge in [-0.05, 0) is 0 Å². The van der Waals surface area contributed by atoms with Crippen molar-refractivity contribution in [3.8, 4) is 0 Å². The van der Waals surface area contributed by atoms with E-state index in [0.717, 1.165) is 34.6 Å². The molecule has 46 heteroatoms. The molecule has 104 heavy (non-hydrogen) atoms. The summed E-state index contributed by atoms with van der Waals surface area (Å²) in [5.41, 5.74) is 0. The van der Waals surface area contributed by atoms with E-state index in [9.17, 15) is 131 Å². The van der Waals surface area contributed by atoms with Gasteiger partial charge in [-0.25, -0.2) is 0 Å². The monoisotopic (exact) mass is 1520 g/mol. The number of amides is 5. The Kier molecular flexibility index (Phi) is 30.9. The molecule has 0 aliphatic carbocycles. The summed E-state index contributed by atoms with van der Waals surface area (Å²) in [4.78, 5) is 62.4. The maximum atomic E-state index is 12.7. The Balaban J connectivity index is 1.20. The van der Waals surface area contributed by atoms with Crippen molar-refractivity contribution in [1.29, 1.82) is 0 Å². The van der Waals surface area contributed by atoms with Crippen LogP contribution in [0.15, 0.2) is 0 Å². The molecule has 8 rings (SSSR count). The van der Waals surface area contributed by atoms with Crippen molar-refractivity contribution >= 4 is 29.5 Å². The molecule has 600 valence electrons. The van der Waals surface area contributed by atoms with E-state index in [1.165, 1.54) is 0 Å². The van der Waals surface area contributed by atoms with Crippen LogP contribution in [0.1, 0.15) is 34.6 Å². The standard InChI is InChI=1S/C58H97N5O41/c1-14(70)59-27-42(85)46(23(10-68)92-51(27)89)101-56-45(88)48(102-58-50(104-55-31(63-18(5)74)41(84)35(78)22(9-67)96-55)44(87)47(24(11-69)97-58)100-53-29(61-16(3)72)39(82)33(76)20(7-65)94-53)37(80)26(98-56)13-91-57-49(103-54-30(62-17(4)73)40(83)34(77)21(8-66)95-54)43(86)36(79)25(99-57)12-90-52-28(60-15(2)71)38(81)32(75)19(6-64)93-52/h19-58,64-69,75-89H,6-13H2,1-5H3,(H,59,70)(H,60,71)(H,61,72)(H,62,73)(H,63,74)/t19-,20-,21-,22-,23-,24-,25-,26-,27-,28-,29-,30-,31-,32-,33-,34-,35-,36-,37-,38-,39-,40-,41-,42-,43+,44+,45+,46-,47-,48+,49+,50+,51?,52+,53+,54+,55+,56+,57+,58-/m1/s1. The number of aliphatic hydroxyl groups is 21. The lowest BCUT2D eigenvalue weighted by molar-refractivity contribution is -0.402. The van der Waals surface area contributed by atoms with Gasteiger partial charge in [0, 0.05) is 34.6 Å². The van der Waals surface area contributed by atoms with Crippen molar-refractivity contribution in [2.45, 2.75) is 280 Å². The normalized spacial score (nSPS) is 47.2. The molecule has 8 fully saturated rings. The highest BCUT2D eigenvalue weighted by atomic mass is 16.8. The Morgan fingerprint density at radius 3 is 0.933 bits per heavy atom. The van der Waals surface area contributed by atoms with Crippen LogP contribution in [-0.2, 0) is 95.0 Å². The summed E-state index contributed by atoms with van der Waals surface area (Å²) in [6, 6.07) is -8.77. The summed E-state index contributed by atoms with van der Waals surface area (Å²) in [6.45, 7) is -3.51. The van der Waals surface area contributed by atoms with Crippen molar-refractivity contribution in [3.05, 3.63) is 0 Å². The van der Waals surface area contributed by atoms with Crippen LogP contribution in [0.3, 0.4) is 0 Å². The molecule has 0 saturated carbocycles. The third-order valence-corrected chi connectivity index (χ3v) is 18.6. The Bertz CT molecular complexity index is 2770. The van der Waals surface area contributed by atoms with Gasteiger partial charge in [-0.1, -0.05) is 0 Å². The van der Waals surface area contributed by atoms with E-state index in [-0.39, 0.29) is 0 Å². The Hall–Kier alpha value is -4.09. The minimum absolute atomic E-state index is 0.783.